The van der Waals surface area contributed by atoms with Crippen molar-refractivity contribution in [2.45, 2.75) is 25.7 Å². The molecule has 2 heterocycles. The third kappa shape index (κ3) is 2.28. The van der Waals surface area contributed by atoms with Gasteiger partial charge in [0.05, 0.1) is 6.07 Å². The van der Waals surface area contributed by atoms with Gasteiger partial charge < -0.3 is 8.94 Å². The first-order valence-electron chi connectivity index (χ1n) is 6.47. The number of rotatable bonds is 4. The molecule has 3 aromatic rings. The number of furan rings is 1. The molecule has 0 radical (unpaired) electrons. The van der Waals surface area contributed by atoms with E-state index in [0.717, 1.165) is 11.0 Å². The molecule has 3 rings (SSSR count). The first-order chi connectivity index (χ1) is 9.78. The van der Waals surface area contributed by atoms with Crippen molar-refractivity contribution in [3.05, 3.63) is 36.2 Å². The second-order valence-corrected chi connectivity index (χ2v) is 4.70. The van der Waals surface area contributed by atoms with Crippen molar-refractivity contribution in [1.29, 1.82) is 5.26 Å². The Labute approximate surface area is 115 Å². The number of para-hydroxylation sites is 1. The largest absolute Gasteiger partial charge is 0.453 e. The molecule has 0 fully saturated rings. The van der Waals surface area contributed by atoms with E-state index < -0.39 is 0 Å². The molecule has 0 N–H and O–H groups in total. The van der Waals surface area contributed by atoms with Gasteiger partial charge >= 0.3 is 0 Å². The average molecular weight is 267 g/mol. The molecule has 2 aromatic heterocycles. The summed E-state index contributed by atoms with van der Waals surface area (Å²) in [6.45, 7) is 1.97. The predicted molar refractivity (Wildman–Crippen MR) is 72.8 cm³/mol. The fraction of sp³-hybridized carbons (Fsp3) is 0.267. The summed E-state index contributed by atoms with van der Waals surface area (Å²) in [6.07, 6.45) is 1.18. The summed E-state index contributed by atoms with van der Waals surface area (Å²) in [5, 5.41) is 13.5. The lowest BCUT2D eigenvalue weighted by molar-refractivity contribution is 0.354. The molecule has 0 saturated heterocycles. The summed E-state index contributed by atoms with van der Waals surface area (Å²) < 4.78 is 10.9. The van der Waals surface area contributed by atoms with E-state index in [-0.39, 0.29) is 5.92 Å². The number of nitrogens with zero attached hydrogens (tertiary/aromatic N) is 3. The summed E-state index contributed by atoms with van der Waals surface area (Å²) in [4.78, 5) is 4.35. The maximum Gasteiger partial charge on any atom is 0.238 e. The SMILES string of the molecule is CC(CCC#N)c1nc(-c2cc3ccccc3o2)no1. The van der Waals surface area contributed by atoms with Gasteiger partial charge in [-0.15, -0.1) is 0 Å². The Morgan fingerprint density at radius 2 is 2.20 bits per heavy atom. The van der Waals surface area contributed by atoms with Crippen molar-refractivity contribution in [1.82, 2.24) is 10.1 Å². The highest BCUT2D eigenvalue weighted by molar-refractivity contribution is 5.81. The van der Waals surface area contributed by atoms with E-state index in [1.54, 1.807) is 0 Å². The standard InChI is InChI=1S/C15H13N3O2/c1-10(5-4-8-16)15-17-14(18-20-15)13-9-11-6-2-3-7-12(11)19-13/h2-3,6-7,9-10H,4-5H2,1H3. The number of benzene rings is 1. The van der Waals surface area contributed by atoms with Gasteiger partial charge in [-0.2, -0.15) is 10.2 Å². The van der Waals surface area contributed by atoms with E-state index in [0.29, 0.717) is 30.3 Å². The molecule has 100 valence electrons. The van der Waals surface area contributed by atoms with Crippen LogP contribution in [0.2, 0.25) is 0 Å². The van der Waals surface area contributed by atoms with Gasteiger partial charge in [-0.1, -0.05) is 30.3 Å². The predicted octanol–water partition coefficient (Wildman–Crippen LogP) is 3.89. The molecule has 0 spiro atoms. The fourth-order valence-corrected chi connectivity index (χ4v) is 2.03. The molecule has 0 aliphatic heterocycles. The zero-order chi connectivity index (χ0) is 13.9. The molecule has 0 saturated carbocycles. The van der Waals surface area contributed by atoms with Crippen molar-refractivity contribution in [3.8, 4) is 17.7 Å². The van der Waals surface area contributed by atoms with Crippen LogP contribution in [0.1, 0.15) is 31.6 Å². The Morgan fingerprint density at radius 3 is 3.00 bits per heavy atom. The Kier molecular flexibility index (Phi) is 3.21. The maximum atomic E-state index is 8.59. The van der Waals surface area contributed by atoms with Crippen LogP contribution >= 0.6 is 0 Å². The van der Waals surface area contributed by atoms with Crippen LogP contribution in [0.5, 0.6) is 0 Å². The number of aromatic nitrogens is 2. The number of hydrogen-bond donors (Lipinski definition) is 0. The van der Waals surface area contributed by atoms with Gasteiger partial charge in [-0.25, -0.2) is 0 Å². The van der Waals surface area contributed by atoms with Crippen LogP contribution in [0, 0.1) is 11.3 Å². The van der Waals surface area contributed by atoms with Gasteiger partial charge in [0.1, 0.15) is 5.58 Å². The van der Waals surface area contributed by atoms with E-state index in [1.807, 2.05) is 37.3 Å². The average Bonchev–Trinajstić information content (AvgIpc) is 3.10. The van der Waals surface area contributed by atoms with Gasteiger partial charge in [0.25, 0.3) is 0 Å². The lowest BCUT2D eigenvalue weighted by atomic mass is 10.1. The van der Waals surface area contributed by atoms with Crippen LogP contribution in [0.15, 0.2) is 39.3 Å². The van der Waals surface area contributed by atoms with Crippen molar-refractivity contribution in [3.63, 3.8) is 0 Å². The minimum atomic E-state index is 0.0697. The molecule has 5 heteroatoms. The summed E-state index contributed by atoms with van der Waals surface area (Å²) in [6, 6.07) is 11.7. The highest BCUT2D eigenvalue weighted by atomic mass is 16.5. The second kappa shape index (κ2) is 5.17. The summed E-state index contributed by atoms with van der Waals surface area (Å²) >= 11 is 0. The lowest BCUT2D eigenvalue weighted by Crippen LogP contribution is -1.93. The maximum absolute atomic E-state index is 8.59. The zero-order valence-electron chi connectivity index (χ0n) is 11.0. The topological polar surface area (TPSA) is 75.8 Å². The molecule has 0 amide bonds. The van der Waals surface area contributed by atoms with E-state index in [9.17, 15) is 0 Å². The summed E-state index contributed by atoms with van der Waals surface area (Å²) in [5.41, 5.74) is 0.798. The molecule has 0 aliphatic carbocycles. The minimum Gasteiger partial charge on any atom is -0.453 e. The monoisotopic (exact) mass is 267 g/mol. The van der Waals surface area contributed by atoms with Crippen LogP contribution in [-0.2, 0) is 0 Å². The van der Waals surface area contributed by atoms with Crippen LogP contribution in [-0.4, -0.2) is 10.1 Å². The van der Waals surface area contributed by atoms with E-state index in [1.165, 1.54) is 0 Å². The quantitative estimate of drug-likeness (QED) is 0.716. The number of nitriles is 1. The van der Waals surface area contributed by atoms with E-state index in [4.69, 9.17) is 14.2 Å². The lowest BCUT2D eigenvalue weighted by Gasteiger charge is -2.00. The normalized spacial score (nSPS) is 12.4. The molecule has 1 unspecified atom stereocenters. The van der Waals surface area contributed by atoms with Crippen LogP contribution in [0.3, 0.4) is 0 Å². The molecule has 1 aromatic carbocycles. The molecule has 20 heavy (non-hydrogen) atoms. The molecule has 0 aliphatic rings. The Balaban J connectivity index is 1.88. The van der Waals surface area contributed by atoms with Crippen molar-refractivity contribution >= 4 is 11.0 Å². The Morgan fingerprint density at radius 1 is 1.35 bits per heavy atom. The van der Waals surface area contributed by atoms with Gasteiger partial charge in [-0.3, -0.25) is 0 Å². The van der Waals surface area contributed by atoms with Crippen LogP contribution in [0.4, 0.5) is 0 Å². The minimum absolute atomic E-state index is 0.0697. The molecule has 1 atom stereocenters. The molecule has 5 nitrogen and oxygen atoms in total. The fourth-order valence-electron chi connectivity index (χ4n) is 2.03. The van der Waals surface area contributed by atoms with Gasteiger partial charge in [0, 0.05) is 17.7 Å². The third-order valence-corrected chi connectivity index (χ3v) is 3.20. The van der Waals surface area contributed by atoms with Gasteiger partial charge in [0.15, 0.2) is 5.76 Å². The second-order valence-electron chi connectivity index (χ2n) is 4.70. The third-order valence-electron chi connectivity index (χ3n) is 3.20. The highest BCUT2D eigenvalue weighted by Gasteiger charge is 2.17. The Hall–Kier alpha value is -2.61. The highest BCUT2D eigenvalue weighted by Crippen LogP contribution is 2.27. The van der Waals surface area contributed by atoms with Crippen molar-refractivity contribution < 1.29 is 8.94 Å². The van der Waals surface area contributed by atoms with Crippen LogP contribution < -0.4 is 0 Å². The summed E-state index contributed by atoms with van der Waals surface area (Å²) in [7, 11) is 0. The smallest absolute Gasteiger partial charge is 0.238 e. The first-order valence-corrected chi connectivity index (χ1v) is 6.47. The molecule has 0 bridgehead atoms. The van der Waals surface area contributed by atoms with E-state index >= 15 is 0 Å². The molecular weight excluding hydrogens is 254 g/mol. The number of fused-ring (bicyclic) bond motifs is 1. The van der Waals surface area contributed by atoms with E-state index in [2.05, 4.69) is 16.2 Å². The zero-order valence-corrected chi connectivity index (χ0v) is 11.0. The first kappa shape index (κ1) is 12.4. The van der Waals surface area contributed by atoms with Crippen LogP contribution in [0.25, 0.3) is 22.6 Å². The number of hydrogen-bond acceptors (Lipinski definition) is 5. The summed E-state index contributed by atoms with van der Waals surface area (Å²) in [5.74, 6) is 1.64. The van der Waals surface area contributed by atoms with Crippen molar-refractivity contribution in [2.75, 3.05) is 0 Å². The van der Waals surface area contributed by atoms with Gasteiger partial charge in [-0.05, 0) is 18.6 Å². The van der Waals surface area contributed by atoms with Gasteiger partial charge in [0.2, 0.25) is 11.7 Å². The Bertz CT molecular complexity index is 734. The molecular formula is C15H13N3O2. The van der Waals surface area contributed by atoms with Crippen molar-refractivity contribution in [2.24, 2.45) is 0 Å².